The van der Waals surface area contributed by atoms with Crippen molar-refractivity contribution in [1.82, 2.24) is 4.98 Å². The molecule has 3 nitrogen and oxygen atoms in total. The molecule has 0 unspecified atom stereocenters. The average molecular weight is 206 g/mol. The Morgan fingerprint density at radius 2 is 2.20 bits per heavy atom. The van der Waals surface area contributed by atoms with E-state index in [0.717, 1.165) is 24.5 Å². The van der Waals surface area contributed by atoms with E-state index in [1.165, 1.54) is 12.8 Å². The number of pyridine rings is 1. The van der Waals surface area contributed by atoms with E-state index < -0.39 is 0 Å². The number of anilines is 1. The number of nitrogens with zero attached hydrogens (tertiary/aromatic N) is 2. The van der Waals surface area contributed by atoms with Crippen LogP contribution >= 0.6 is 0 Å². The minimum Gasteiger partial charge on any atom is -0.393 e. The smallest absolute Gasteiger partial charge is 0.131 e. The van der Waals surface area contributed by atoms with Crippen molar-refractivity contribution in [3.8, 4) is 0 Å². The van der Waals surface area contributed by atoms with Crippen LogP contribution < -0.4 is 4.90 Å². The van der Waals surface area contributed by atoms with E-state index in [9.17, 15) is 5.11 Å². The largest absolute Gasteiger partial charge is 0.393 e. The van der Waals surface area contributed by atoms with Gasteiger partial charge in [-0.25, -0.2) is 4.98 Å². The van der Waals surface area contributed by atoms with Gasteiger partial charge in [0.1, 0.15) is 5.82 Å². The van der Waals surface area contributed by atoms with Crippen molar-refractivity contribution in [2.75, 3.05) is 18.0 Å². The molecule has 2 heterocycles. The third-order valence-electron chi connectivity index (χ3n) is 2.79. The quantitative estimate of drug-likeness (QED) is 0.816. The average Bonchev–Trinajstić information content (AvgIpc) is 2.70. The molecule has 0 aromatic carbocycles. The van der Waals surface area contributed by atoms with Crippen LogP contribution in [-0.2, 0) is 6.42 Å². The number of rotatable bonds is 3. The summed E-state index contributed by atoms with van der Waals surface area (Å²) in [5.41, 5.74) is 1.16. The van der Waals surface area contributed by atoms with Crippen LogP contribution in [-0.4, -0.2) is 29.3 Å². The molecule has 0 saturated carbocycles. The van der Waals surface area contributed by atoms with Gasteiger partial charge in [0.05, 0.1) is 6.10 Å². The van der Waals surface area contributed by atoms with Gasteiger partial charge in [0, 0.05) is 25.7 Å². The monoisotopic (exact) mass is 206 g/mol. The Morgan fingerprint density at radius 3 is 2.87 bits per heavy atom. The lowest BCUT2D eigenvalue weighted by Gasteiger charge is -2.20. The van der Waals surface area contributed by atoms with Crippen LogP contribution in [0, 0.1) is 0 Å². The number of aliphatic hydroxyl groups is 1. The zero-order valence-electron chi connectivity index (χ0n) is 9.19. The van der Waals surface area contributed by atoms with Crippen molar-refractivity contribution in [2.45, 2.75) is 32.3 Å². The number of aliphatic hydroxyl groups excluding tert-OH is 1. The number of hydrogen-bond donors (Lipinski definition) is 1. The van der Waals surface area contributed by atoms with Gasteiger partial charge in [0.25, 0.3) is 0 Å². The second-order valence-electron chi connectivity index (χ2n) is 4.23. The lowest BCUT2D eigenvalue weighted by molar-refractivity contribution is 0.195. The standard InChI is InChI=1S/C12H18N2O/c1-10(15)9-11-5-4-6-13-12(11)14-7-2-3-8-14/h4-6,10,15H,2-3,7-9H2,1H3/t10-/m1/s1. The lowest BCUT2D eigenvalue weighted by Crippen LogP contribution is -2.21. The number of aromatic nitrogens is 1. The van der Waals surface area contributed by atoms with Crippen LogP contribution in [0.4, 0.5) is 5.82 Å². The van der Waals surface area contributed by atoms with Crippen LogP contribution in [0.1, 0.15) is 25.3 Å². The maximum absolute atomic E-state index is 9.43. The van der Waals surface area contributed by atoms with Gasteiger partial charge in [0.2, 0.25) is 0 Å². The molecule has 3 heteroatoms. The first-order valence-electron chi connectivity index (χ1n) is 5.64. The van der Waals surface area contributed by atoms with Gasteiger partial charge in [-0.2, -0.15) is 0 Å². The van der Waals surface area contributed by atoms with Gasteiger partial charge < -0.3 is 10.0 Å². The Bertz CT molecular complexity index is 319. The highest BCUT2D eigenvalue weighted by molar-refractivity contribution is 5.47. The van der Waals surface area contributed by atoms with E-state index in [4.69, 9.17) is 0 Å². The summed E-state index contributed by atoms with van der Waals surface area (Å²) in [5, 5.41) is 9.43. The fourth-order valence-electron chi connectivity index (χ4n) is 2.12. The Kier molecular flexibility index (Phi) is 3.21. The molecule has 1 fully saturated rings. The van der Waals surface area contributed by atoms with Crippen LogP contribution in [0.5, 0.6) is 0 Å². The summed E-state index contributed by atoms with van der Waals surface area (Å²) in [6.07, 6.45) is 4.74. The van der Waals surface area contributed by atoms with Gasteiger partial charge in [-0.05, 0) is 31.4 Å². The number of hydrogen-bond acceptors (Lipinski definition) is 3. The zero-order chi connectivity index (χ0) is 10.7. The van der Waals surface area contributed by atoms with Crippen molar-refractivity contribution in [1.29, 1.82) is 0 Å². The summed E-state index contributed by atoms with van der Waals surface area (Å²) in [7, 11) is 0. The maximum Gasteiger partial charge on any atom is 0.131 e. The summed E-state index contributed by atoms with van der Waals surface area (Å²) in [6, 6.07) is 4.00. The molecule has 1 N–H and O–H groups in total. The SMILES string of the molecule is C[C@@H](O)Cc1cccnc1N1CCCC1. The Labute approximate surface area is 90.8 Å². The van der Waals surface area contributed by atoms with Gasteiger partial charge in [-0.15, -0.1) is 0 Å². The minimum atomic E-state index is -0.296. The van der Waals surface area contributed by atoms with Gasteiger partial charge >= 0.3 is 0 Å². The summed E-state index contributed by atoms with van der Waals surface area (Å²) >= 11 is 0. The highest BCUT2D eigenvalue weighted by Gasteiger charge is 2.17. The van der Waals surface area contributed by atoms with Crippen molar-refractivity contribution >= 4 is 5.82 Å². The van der Waals surface area contributed by atoms with Crippen LogP contribution in [0.25, 0.3) is 0 Å². The Hall–Kier alpha value is -1.09. The fraction of sp³-hybridized carbons (Fsp3) is 0.583. The first-order chi connectivity index (χ1) is 7.27. The molecule has 0 spiro atoms. The van der Waals surface area contributed by atoms with Crippen molar-refractivity contribution in [3.63, 3.8) is 0 Å². The molecule has 1 aromatic heterocycles. The van der Waals surface area contributed by atoms with Crippen molar-refractivity contribution in [3.05, 3.63) is 23.9 Å². The Balaban J connectivity index is 2.20. The van der Waals surface area contributed by atoms with Crippen LogP contribution in [0.3, 0.4) is 0 Å². The molecule has 1 aromatic rings. The van der Waals surface area contributed by atoms with Gasteiger partial charge in [-0.3, -0.25) is 0 Å². The molecular formula is C12H18N2O. The normalized spacial score (nSPS) is 18.1. The molecule has 1 aliphatic rings. The van der Waals surface area contributed by atoms with Crippen LogP contribution in [0.15, 0.2) is 18.3 Å². The fourth-order valence-corrected chi connectivity index (χ4v) is 2.12. The molecule has 0 radical (unpaired) electrons. The summed E-state index contributed by atoms with van der Waals surface area (Å²) in [4.78, 5) is 6.75. The predicted molar refractivity (Wildman–Crippen MR) is 61.1 cm³/mol. The topological polar surface area (TPSA) is 36.4 Å². The molecule has 0 amide bonds. The predicted octanol–water partition coefficient (Wildman–Crippen LogP) is 1.61. The van der Waals surface area contributed by atoms with E-state index in [0.29, 0.717) is 6.42 Å². The van der Waals surface area contributed by atoms with Crippen molar-refractivity contribution in [2.24, 2.45) is 0 Å². The van der Waals surface area contributed by atoms with E-state index in [1.807, 2.05) is 19.2 Å². The maximum atomic E-state index is 9.43. The first-order valence-corrected chi connectivity index (χ1v) is 5.64. The lowest BCUT2D eigenvalue weighted by atomic mass is 10.1. The molecule has 0 bridgehead atoms. The van der Waals surface area contributed by atoms with Gasteiger partial charge in [-0.1, -0.05) is 6.07 Å². The molecule has 1 saturated heterocycles. The molecule has 15 heavy (non-hydrogen) atoms. The van der Waals surface area contributed by atoms with Gasteiger partial charge in [0.15, 0.2) is 0 Å². The summed E-state index contributed by atoms with van der Waals surface area (Å²) < 4.78 is 0. The van der Waals surface area contributed by atoms with E-state index in [-0.39, 0.29) is 6.10 Å². The molecule has 2 rings (SSSR count). The highest BCUT2D eigenvalue weighted by atomic mass is 16.3. The third kappa shape index (κ3) is 2.48. The zero-order valence-corrected chi connectivity index (χ0v) is 9.19. The molecule has 82 valence electrons. The van der Waals surface area contributed by atoms with E-state index in [2.05, 4.69) is 16.0 Å². The summed E-state index contributed by atoms with van der Waals surface area (Å²) in [5.74, 6) is 1.07. The summed E-state index contributed by atoms with van der Waals surface area (Å²) in [6.45, 7) is 4.02. The highest BCUT2D eigenvalue weighted by Crippen LogP contribution is 2.22. The molecule has 1 aliphatic heterocycles. The first kappa shape index (κ1) is 10.4. The molecular weight excluding hydrogens is 188 g/mol. The molecule has 0 aliphatic carbocycles. The second-order valence-corrected chi connectivity index (χ2v) is 4.23. The molecule has 1 atom stereocenters. The Morgan fingerprint density at radius 1 is 1.47 bits per heavy atom. The minimum absolute atomic E-state index is 0.296. The third-order valence-corrected chi connectivity index (χ3v) is 2.79. The van der Waals surface area contributed by atoms with Crippen LogP contribution in [0.2, 0.25) is 0 Å². The van der Waals surface area contributed by atoms with E-state index in [1.54, 1.807) is 0 Å². The van der Waals surface area contributed by atoms with E-state index >= 15 is 0 Å². The second kappa shape index (κ2) is 4.62. The van der Waals surface area contributed by atoms with Crippen molar-refractivity contribution < 1.29 is 5.11 Å².